The molecule has 0 spiro atoms. The van der Waals surface area contributed by atoms with Crippen LogP contribution in [0.2, 0.25) is 5.02 Å². The quantitative estimate of drug-likeness (QED) is 0.848. The smallest absolute Gasteiger partial charge is 0.276 e. The number of nitrogens with zero attached hydrogens (tertiary/aromatic N) is 4. The number of benzene rings is 1. The van der Waals surface area contributed by atoms with Gasteiger partial charge < -0.3 is 4.90 Å². The molecule has 0 atom stereocenters. The minimum absolute atomic E-state index is 0.0778. The zero-order chi connectivity index (χ0) is 18.2. The molecule has 2 heterocycles. The Morgan fingerprint density at radius 3 is 2.48 bits per heavy atom. The second-order valence-corrected chi connectivity index (χ2v) is 7.87. The second-order valence-electron chi connectivity index (χ2n) is 5.53. The zero-order valence-electron chi connectivity index (χ0n) is 13.2. The van der Waals surface area contributed by atoms with Crippen LogP contribution in [0.25, 0.3) is 0 Å². The topological polar surface area (TPSA) is 99.3 Å². The summed E-state index contributed by atoms with van der Waals surface area (Å²) in [6.07, 6.45) is 0. The molecule has 1 aromatic carbocycles. The number of sulfonamides is 1. The number of hydrogen-bond donors (Lipinski definition) is 1. The van der Waals surface area contributed by atoms with E-state index in [9.17, 15) is 17.6 Å². The highest BCUT2D eigenvalue weighted by atomic mass is 35.5. The highest BCUT2D eigenvalue weighted by molar-refractivity contribution is 7.89. The molecular weight excluding hydrogens is 373 g/mol. The molecule has 8 nitrogen and oxygen atoms in total. The molecule has 134 valence electrons. The largest absolute Gasteiger partial charge is 0.335 e. The lowest BCUT2D eigenvalue weighted by atomic mass is 10.2. The number of aromatic amines is 1. The van der Waals surface area contributed by atoms with E-state index < -0.39 is 15.8 Å². The molecule has 1 aliphatic heterocycles. The molecule has 1 aliphatic rings. The molecular formula is C14H15ClFN5O3S. The third kappa shape index (κ3) is 3.37. The van der Waals surface area contributed by atoms with E-state index in [0.29, 0.717) is 5.69 Å². The van der Waals surface area contributed by atoms with Gasteiger partial charge >= 0.3 is 0 Å². The van der Waals surface area contributed by atoms with Gasteiger partial charge in [0.2, 0.25) is 10.0 Å². The molecule has 0 unspecified atom stereocenters. The van der Waals surface area contributed by atoms with Crippen molar-refractivity contribution in [1.29, 1.82) is 0 Å². The van der Waals surface area contributed by atoms with Crippen molar-refractivity contribution in [2.75, 3.05) is 26.2 Å². The Balaban J connectivity index is 1.72. The SMILES string of the molecule is Cc1n[nH]nc1C(=O)N1CCN(S(=O)(=O)c2ccc(F)c(Cl)c2)CC1. The lowest BCUT2D eigenvalue weighted by molar-refractivity contribution is 0.0691. The van der Waals surface area contributed by atoms with Gasteiger partial charge in [0.05, 0.1) is 15.6 Å². The van der Waals surface area contributed by atoms with Crippen molar-refractivity contribution in [3.05, 3.63) is 40.4 Å². The van der Waals surface area contributed by atoms with Crippen LogP contribution in [0, 0.1) is 12.7 Å². The highest BCUT2D eigenvalue weighted by Crippen LogP contribution is 2.23. The van der Waals surface area contributed by atoms with Crippen molar-refractivity contribution in [3.8, 4) is 0 Å². The summed E-state index contributed by atoms with van der Waals surface area (Å²) in [4.78, 5) is 13.8. The van der Waals surface area contributed by atoms with Gasteiger partial charge in [-0.1, -0.05) is 11.6 Å². The molecule has 3 rings (SSSR count). The zero-order valence-corrected chi connectivity index (χ0v) is 14.8. The third-order valence-electron chi connectivity index (χ3n) is 3.98. The van der Waals surface area contributed by atoms with Crippen LogP contribution in [0.5, 0.6) is 0 Å². The summed E-state index contributed by atoms with van der Waals surface area (Å²) in [5.41, 5.74) is 0.711. The van der Waals surface area contributed by atoms with Crippen LogP contribution in [0.15, 0.2) is 23.1 Å². The number of carbonyl (C=O) groups is 1. The van der Waals surface area contributed by atoms with Gasteiger partial charge in [0, 0.05) is 26.2 Å². The van der Waals surface area contributed by atoms with E-state index in [1.807, 2.05) is 0 Å². The molecule has 0 saturated carbocycles. The maximum Gasteiger partial charge on any atom is 0.276 e. The number of H-pyrrole nitrogens is 1. The van der Waals surface area contributed by atoms with Crippen LogP contribution >= 0.6 is 11.6 Å². The molecule has 0 radical (unpaired) electrons. The highest BCUT2D eigenvalue weighted by Gasteiger charge is 2.31. The fourth-order valence-electron chi connectivity index (χ4n) is 2.55. The molecule has 1 N–H and O–H groups in total. The number of piperazine rings is 1. The van der Waals surface area contributed by atoms with Gasteiger partial charge in [-0.15, -0.1) is 0 Å². The van der Waals surface area contributed by atoms with E-state index in [1.54, 1.807) is 6.92 Å². The lowest BCUT2D eigenvalue weighted by Crippen LogP contribution is -2.50. The van der Waals surface area contributed by atoms with Crippen molar-refractivity contribution >= 4 is 27.5 Å². The first-order valence-corrected chi connectivity index (χ1v) is 9.24. The van der Waals surface area contributed by atoms with E-state index in [0.717, 1.165) is 12.1 Å². The van der Waals surface area contributed by atoms with E-state index in [1.165, 1.54) is 15.3 Å². The normalized spacial score (nSPS) is 16.2. The molecule has 0 bridgehead atoms. The summed E-state index contributed by atoms with van der Waals surface area (Å²) < 4.78 is 39.7. The van der Waals surface area contributed by atoms with Gasteiger partial charge in [-0.05, 0) is 25.1 Å². The maximum atomic E-state index is 13.2. The van der Waals surface area contributed by atoms with Crippen LogP contribution in [0.4, 0.5) is 4.39 Å². The van der Waals surface area contributed by atoms with E-state index in [-0.39, 0.29) is 47.7 Å². The molecule has 1 aromatic heterocycles. The summed E-state index contributed by atoms with van der Waals surface area (Å²) in [5, 5.41) is 9.76. The van der Waals surface area contributed by atoms with Crippen LogP contribution in [-0.4, -0.2) is 65.1 Å². The monoisotopic (exact) mass is 387 g/mol. The minimum atomic E-state index is -3.80. The average Bonchev–Trinajstić information content (AvgIpc) is 3.02. The Kier molecular flexibility index (Phi) is 4.76. The Morgan fingerprint density at radius 2 is 1.92 bits per heavy atom. The van der Waals surface area contributed by atoms with Crippen molar-refractivity contribution in [2.24, 2.45) is 0 Å². The first kappa shape index (κ1) is 17.8. The number of aryl methyl sites for hydroxylation is 1. The number of amides is 1. The van der Waals surface area contributed by atoms with Crippen LogP contribution in [-0.2, 0) is 10.0 Å². The molecule has 25 heavy (non-hydrogen) atoms. The standard InChI is InChI=1S/C14H15ClFN5O3S/c1-9-13(18-19-17-9)14(22)20-4-6-21(7-5-20)25(23,24)10-2-3-12(16)11(15)8-10/h2-3,8H,4-7H2,1H3,(H,17,18,19). The van der Waals surface area contributed by atoms with Crippen LogP contribution in [0.1, 0.15) is 16.2 Å². The molecule has 2 aromatic rings. The van der Waals surface area contributed by atoms with E-state index >= 15 is 0 Å². The summed E-state index contributed by atoms with van der Waals surface area (Å²) in [6, 6.07) is 3.28. The Hall–Kier alpha value is -2.04. The molecule has 0 aliphatic carbocycles. The van der Waals surface area contributed by atoms with Gasteiger partial charge in [0.15, 0.2) is 5.69 Å². The van der Waals surface area contributed by atoms with Crippen molar-refractivity contribution in [1.82, 2.24) is 24.6 Å². The molecule has 1 saturated heterocycles. The predicted octanol–water partition coefficient (Wildman–Crippen LogP) is 1.05. The number of rotatable bonds is 3. The van der Waals surface area contributed by atoms with E-state index in [4.69, 9.17) is 11.6 Å². The number of carbonyl (C=O) groups excluding carboxylic acids is 1. The first-order chi connectivity index (χ1) is 11.8. The first-order valence-electron chi connectivity index (χ1n) is 7.42. The number of halogens is 2. The fraction of sp³-hybridized carbons (Fsp3) is 0.357. The molecule has 1 amide bonds. The van der Waals surface area contributed by atoms with Gasteiger partial charge in [0.1, 0.15) is 5.82 Å². The average molecular weight is 388 g/mol. The van der Waals surface area contributed by atoms with Crippen LogP contribution in [0.3, 0.4) is 0 Å². The number of nitrogens with one attached hydrogen (secondary N) is 1. The van der Waals surface area contributed by atoms with Crippen molar-refractivity contribution in [2.45, 2.75) is 11.8 Å². The summed E-state index contributed by atoms with van der Waals surface area (Å²) in [5.74, 6) is -0.980. The van der Waals surface area contributed by atoms with Gasteiger partial charge in [-0.2, -0.15) is 19.7 Å². The van der Waals surface area contributed by atoms with Gasteiger partial charge in [-0.3, -0.25) is 4.79 Å². The Bertz CT molecular complexity index is 909. The molecule has 11 heteroatoms. The predicted molar refractivity (Wildman–Crippen MR) is 87.2 cm³/mol. The summed E-state index contributed by atoms with van der Waals surface area (Å²) in [6.45, 7) is 2.36. The molecule has 1 fully saturated rings. The summed E-state index contributed by atoms with van der Waals surface area (Å²) >= 11 is 5.67. The van der Waals surface area contributed by atoms with Gasteiger partial charge in [-0.25, -0.2) is 12.8 Å². The van der Waals surface area contributed by atoms with Crippen molar-refractivity contribution < 1.29 is 17.6 Å². The Labute approximate surface area is 148 Å². The second kappa shape index (κ2) is 6.70. The summed E-state index contributed by atoms with van der Waals surface area (Å²) in [7, 11) is -3.80. The van der Waals surface area contributed by atoms with Gasteiger partial charge in [0.25, 0.3) is 5.91 Å². The maximum absolute atomic E-state index is 13.2. The number of hydrogen-bond acceptors (Lipinski definition) is 5. The van der Waals surface area contributed by atoms with E-state index in [2.05, 4.69) is 15.4 Å². The van der Waals surface area contributed by atoms with Crippen LogP contribution < -0.4 is 0 Å². The lowest BCUT2D eigenvalue weighted by Gasteiger charge is -2.33. The third-order valence-corrected chi connectivity index (χ3v) is 6.16. The Morgan fingerprint density at radius 1 is 1.24 bits per heavy atom. The number of aromatic nitrogens is 3. The minimum Gasteiger partial charge on any atom is -0.335 e. The fourth-order valence-corrected chi connectivity index (χ4v) is 4.25. The van der Waals surface area contributed by atoms with Crippen molar-refractivity contribution in [3.63, 3.8) is 0 Å².